The molecule has 0 aromatic carbocycles. The number of nitrogens with zero attached hydrogens (tertiary/aromatic N) is 3. The van der Waals surface area contributed by atoms with Crippen LogP contribution in [0.1, 0.15) is 23.2 Å². The predicted octanol–water partition coefficient (Wildman–Crippen LogP) is 1.24. The summed E-state index contributed by atoms with van der Waals surface area (Å²) in [6, 6.07) is 0.388. The molecule has 2 aromatic rings. The van der Waals surface area contributed by atoms with Gasteiger partial charge in [-0.1, -0.05) is 0 Å². The summed E-state index contributed by atoms with van der Waals surface area (Å²) in [5, 5.41) is 17.3. The van der Waals surface area contributed by atoms with Crippen LogP contribution in [0.2, 0.25) is 0 Å². The largest absolute Gasteiger partial charge is 0.478 e. The van der Waals surface area contributed by atoms with Gasteiger partial charge >= 0.3 is 5.97 Å². The summed E-state index contributed by atoms with van der Waals surface area (Å²) in [5.41, 5.74) is 1.54. The zero-order valence-corrected chi connectivity index (χ0v) is 9.34. The number of fused-ring (bicyclic) bond motifs is 1. The Morgan fingerprint density at radius 3 is 2.94 bits per heavy atom. The van der Waals surface area contributed by atoms with E-state index >= 15 is 0 Å². The van der Waals surface area contributed by atoms with Crippen molar-refractivity contribution in [3.63, 3.8) is 0 Å². The summed E-state index contributed by atoms with van der Waals surface area (Å²) >= 11 is 0. The van der Waals surface area contributed by atoms with Crippen LogP contribution in [0.3, 0.4) is 0 Å². The molecule has 1 aliphatic rings. The van der Waals surface area contributed by atoms with Gasteiger partial charge in [0, 0.05) is 19.3 Å². The van der Waals surface area contributed by atoms with Gasteiger partial charge in [-0.15, -0.1) is 0 Å². The highest BCUT2D eigenvalue weighted by atomic mass is 16.4. The Kier molecular flexibility index (Phi) is 2.04. The molecule has 1 fully saturated rings. The lowest BCUT2D eigenvalue weighted by molar-refractivity contribution is 0.0697. The first-order valence-corrected chi connectivity index (χ1v) is 5.47. The summed E-state index contributed by atoms with van der Waals surface area (Å²) in [5.74, 6) is -0.966. The second-order valence-electron chi connectivity index (χ2n) is 4.28. The molecule has 88 valence electrons. The topological polar surface area (TPSA) is 80.0 Å². The Balaban J connectivity index is 2.21. The third-order valence-corrected chi connectivity index (χ3v) is 2.92. The lowest BCUT2D eigenvalue weighted by atomic mass is 10.2. The van der Waals surface area contributed by atoms with Crippen LogP contribution in [0.4, 0.5) is 5.69 Å². The normalized spacial score (nSPS) is 15.1. The quantitative estimate of drug-likeness (QED) is 0.832. The fraction of sp³-hybridized carbons (Fsp3) is 0.364. The van der Waals surface area contributed by atoms with E-state index in [-0.39, 0.29) is 5.56 Å². The average Bonchev–Trinajstić information content (AvgIpc) is 3.03. The summed E-state index contributed by atoms with van der Waals surface area (Å²) < 4.78 is 1.64. The lowest BCUT2D eigenvalue weighted by Gasteiger charge is -2.09. The monoisotopic (exact) mass is 232 g/mol. The number of hydrogen-bond donors (Lipinski definition) is 2. The van der Waals surface area contributed by atoms with Crippen molar-refractivity contribution < 1.29 is 9.90 Å². The average molecular weight is 232 g/mol. The molecular weight excluding hydrogens is 220 g/mol. The first kappa shape index (κ1) is 10.1. The van der Waals surface area contributed by atoms with Crippen LogP contribution in [0.15, 0.2) is 12.4 Å². The van der Waals surface area contributed by atoms with Crippen LogP contribution in [0.25, 0.3) is 11.0 Å². The molecule has 3 rings (SSSR count). The van der Waals surface area contributed by atoms with Gasteiger partial charge in [-0.05, 0) is 12.8 Å². The maximum atomic E-state index is 11.2. The van der Waals surface area contributed by atoms with Crippen molar-refractivity contribution in [1.82, 2.24) is 14.8 Å². The summed E-state index contributed by atoms with van der Waals surface area (Å²) in [4.78, 5) is 15.3. The van der Waals surface area contributed by atoms with Crippen LogP contribution in [0.5, 0.6) is 0 Å². The first-order chi connectivity index (χ1) is 8.16. The predicted molar refractivity (Wildman–Crippen MR) is 62.1 cm³/mol. The minimum atomic E-state index is -0.966. The standard InChI is InChI=1S/C11H12N4O2/c1-15-10-7(5-13-15)9(14-6-2-3-6)8(4-12-10)11(16)17/h4-6H,2-3H2,1H3,(H,12,14)(H,16,17). The van der Waals surface area contributed by atoms with Crippen molar-refractivity contribution in [2.45, 2.75) is 18.9 Å². The molecule has 6 nitrogen and oxygen atoms in total. The summed E-state index contributed by atoms with van der Waals surface area (Å²) in [7, 11) is 1.79. The molecule has 2 N–H and O–H groups in total. The van der Waals surface area contributed by atoms with Gasteiger partial charge in [0.15, 0.2) is 5.65 Å². The van der Waals surface area contributed by atoms with Gasteiger partial charge < -0.3 is 10.4 Å². The fourth-order valence-electron chi connectivity index (χ4n) is 1.85. The van der Waals surface area contributed by atoms with Crippen molar-refractivity contribution >= 4 is 22.7 Å². The smallest absolute Gasteiger partial charge is 0.339 e. The molecule has 0 spiro atoms. The molecule has 0 aliphatic heterocycles. The minimum absolute atomic E-state index is 0.206. The SMILES string of the molecule is Cn1ncc2c(NC3CC3)c(C(=O)O)cnc21. The Labute approximate surface area is 97.3 Å². The highest BCUT2D eigenvalue weighted by Crippen LogP contribution is 2.31. The molecule has 1 saturated carbocycles. The van der Waals surface area contributed by atoms with E-state index in [1.54, 1.807) is 17.9 Å². The van der Waals surface area contributed by atoms with E-state index in [0.29, 0.717) is 17.4 Å². The van der Waals surface area contributed by atoms with E-state index in [1.807, 2.05) is 0 Å². The van der Waals surface area contributed by atoms with Crippen molar-refractivity contribution in [3.8, 4) is 0 Å². The van der Waals surface area contributed by atoms with Crippen LogP contribution in [-0.2, 0) is 7.05 Å². The zero-order chi connectivity index (χ0) is 12.0. The second-order valence-corrected chi connectivity index (χ2v) is 4.28. The Bertz CT molecular complexity index is 601. The lowest BCUT2D eigenvalue weighted by Crippen LogP contribution is -2.09. The molecule has 6 heteroatoms. The van der Waals surface area contributed by atoms with Crippen molar-refractivity contribution in [2.75, 3.05) is 5.32 Å². The Hall–Kier alpha value is -2.11. The van der Waals surface area contributed by atoms with Crippen molar-refractivity contribution in [2.24, 2.45) is 7.05 Å². The second kappa shape index (κ2) is 3.44. The van der Waals surface area contributed by atoms with Crippen molar-refractivity contribution in [3.05, 3.63) is 18.0 Å². The molecule has 0 saturated heterocycles. The molecule has 2 heterocycles. The number of aryl methyl sites for hydroxylation is 1. The van der Waals surface area contributed by atoms with Crippen LogP contribution in [0, 0.1) is 0 Å². The fourth-order valence-corrected chi connectivity index (χ4v) is 1.85. The van der Waals surface area contributed by atoms with Gasteiger partial charge in [0.25, 0.3) is 0 Å². The molecule has 0 amide bonds. The van der Waals surface area contributed by atoms with Crippen LogP contribution in [-0.4, -0.2) is 31.9 Å². The summed E-state index contributed by atoms with van der Waals surface area (Å²) in [6.45, 7) is 0. The number of carbonyl (C=O) groups is 1. The van der Waals surface area contributed by atoms with Gasteiger partial charge in [0.2, 0.25) is 0 Å². The van der Waals surface area contributed by atoms with Gasteiger partial charge in [-0.25, -0.2) is 9.78 Å². The van der Waals surface area contributed by atoms with E-state index in [1.165, 1.54) is 6.20 Å². The third kappa shape index (κ3) is 1.61. The molecule has 0 atom stereocenters. The highest BCUT2D eigenvalue weighted by molar-refractivity contribution is 6.03. The van der Waals surface area contributed by atoms with E-state index < -0.39 is 5.97 Å². The number of carboxylic acids is 1. The van der Waals surface area contributed by atoms with Gasteiger partial charge in [-0.3, -0.25) is 4.68 Å². The molecule has 0 radical (unpaired) electrons. The van der Waals surface area contributed by atoms with Crippen LogP contribution >= 0.6 is 0 Å². The van der Waals surface area contributed by atoms with E-state index in [9.17, 15) is 4.79 Å². The van der Waals surface area contributed by atoms with E-state index in [2.05, 4.69) is 15.4 Å². The number of aromatic nitrogens is 3. The highest BCUT2D eigenvalue weighted by Gasteiger charge is 2.25. The molecule has 1 aliphatic carbocycles. The molecule has 0 bridgehead atoms. The Morgan fingerprint density at radius 1 is 1.53 bits per heavy atom. The number of anilines is 1. The maximum Gasteiger partial charge on any atom is 0.339 e. The number of rotatable bonds is 3. The van der Waals surface area contributed by atoms with Crippen molar-refractivity contribution in [1.29, 1.82) is 0 Å². The number of aromatic carboxylic acids is 1. The summed E-state index contributed by atoms with van der Waals surface area (Å²) in [6.07, 6.45) is 5.21. The number of pyridine rings is 1. The zero-order valence-electron chi connectivity index (χ0n) is 9.34. The van der Waals surface area contributed by atoms with Gasteiger partial charge in [0.05, 0.1) is 17.3 Å². The van der Waals surface area contributed by atoms with E-state index in [0.717, 1.165) is 18.2 Å². The molecule has 17 heavy (non-hydrogen) atoms. The minimum Gasteiger partial charge on any atom is -0.478 e. The van der Waals surface area contributed by atoms with Crippen LogP contribution < -0.4 is 5.32 Å². The molecule has 2 aromatic heterocycles. The number of carboxylic acid groups (broad SMARTS) is 1. The number of nitrogens with one attached hydrogen (secondary N) is 1. The van der Waals surface area contributed by atoms with E-state index in [4.69, 9.17) is 5.11 Å². The van der Waals surface area contributed by atoms with Gasteiger partial charge in [0.1, 0.15) is 5.56 Å². The maximum absolute atomic E-state index is 11.2. The third-order valence-electron chi connectivity index (χ3n) is 2.92. The Morgan fingerprint density at radius 2 is 2.29 bits per heavy atom. The molecular formula is C11H12N4O2. The number of hydrogen-bond acceptors (Lipinski definition) is 4. The first-order valence-electron chi connectivity index (χ1n) is 5.47. The van der Waals surface area contributed by atoms with Gasteiger partial charge in [-0.2, -0.15) is 5.10 Å². The molecule has 0 unspecified atom stereocenters.